The van der Waals surface area contributed by atoms with Gasteiger partial charge in [-0.1, -0.05) is 36.4 Å². The summed E-state index contributed by atoms with van der Waals surface area (Å²) in [6.45, 7) is 4.05. The van der Waals surface area contributed by atoms with Crippen LogP contribution in [0.4, 0.5) is 0 Å². The maximum atomic E-state index is 9.39. The van der Waals surface area contributed by atoms with E-state index in [1.54, 1.807) is 13.8 Å². The van der Waals surface area contributed by atoms with Crippen molar-refractivity contribution in [3.63, 3.8) is 0 Å². The highest BCUT2D eigenvalue weighted by molar-refractivity contribution is 5.37. The molecule has 1 aromatic rings. The molecule has 0 amide bonds. The number of hydrogen-bond acceptors (Lipinski definition) is 2. The molecule has 0 atom stereocenters. The fourth-order valence-corrected chi connectivity index (χ4v) is 0.496. The Morgan fingerprint density at radius 1 is 1.00 bits per heavy atom. The van der Waals surface area contributed by atoms with Gasteiger partial charge in [-0.05, 0) is 13.8 Å². The van der Waals surface area contributed by atoms with E-state index in [1.165, 1.54) is 0 Å². The lowest BCUT2D eigenvalue weighted by Crippen LogP contribution is -1.98. The van der Waals surface area contributed by atoms with Crippen molar-refractivity contribution in [1.29, 1.82) is 0 Å². The second-order valence-corrected chi connectivity index (χ2v) is 2.44. The first-order chi connectivity index (χ1) is 5.77. The van der Waals surface area contributed by atoms with E-state index in [0.29, 0.717) is 6.47 Å². The van der Waals surface area contributed by atoms with Crippen LogP contribution in [0.25, 0.3) is 0 Å². The molecule has 0 heterocycles. The van der Waals surface area contributed by atoms with Crippen LogP contribution in [0.5, 0.6) is 0 Å². The summed E-state index contributed by atoms with van der Waals surface area (Å²) in [5.41, 5.74) is 0. The summed E-state index contributed by atoms with van der Waals surface area (Å²) in [6, 6.07) is 12.0. The largest absolute Gasteiger partial charge is 0.465 e. The number of ether oxygens (including phenoxy) is 1. The molecule has 0 aromatic heterocycles. The maximum absolute atomic E-state index is 9.39. The van der Waals surface area contributed by atoms with E-state index < -0.39 is 0 Å². The minimum Gasteiger partial charge on any atom is -0.465 e. The van der Waals surface area contributed by atoms with Crippen LogP contribution in [0.1, 0.15) is 13.8 Å². The summed E-state index contributed by atoms with van der Waals surface area (Å²) in [5.74, 6) is 0. The van der Waals surface area contributed by atoms with Crippen LogP contribution in [0, 0.1) is 0 Å². The summed E-state index contributed by atoms with van der Waals surface area (Å²) in [4.78, 5) is 9.39. The van der Waals surface area contributed by atoms with Crippen molar-refractivity contribution >= 4 is 6.47 Å². The highest BCUT2D eigenvalue weighted by atomic mass is 16.5. The molecule has 0 aliphatic rings. The van der Waals surface area contributed by atoms with Gasteiger partial charge in [0.05, 0.1) is 6.10 Å². The van der Waals surface area contributed by atoms with E-state index in [2.05, 4.69) is 4.74 Å². The Kier molecular flexibility index (Phi) is 6.94. The van der Waals surface area contributed by atoms with Crippen LogP contribution in [0.15, 0.2) is 36.4 Å². The molecule has 0 fully saturated rings. The predicted octanol–water partition coefficient (Wildman–Crippen LogP) is 2.25. The number of carbonyl (C=O) groups excluding carboxylic acids is 1. The van der Waals surface area contributed by atoms with Crippen molar-refractivity contribution in [3.05, 3.63) is 36.4 Å². The minimum atomic E-state index is 0.0301. The molecule has 0 radical (unpaired) electrons. The number of benzene rings is 1. The second kappa shape index (κ2) is 7.79. The third-order valence-electron chi connectivity index (χ3n) is 0.994. The topological polar surface area (TPSA) is 26.3 Å². The third kappa shape index (κ3) is 8.69. The van der Waals surface area contributed by atoms with E-state index in [-0.39, 0.29) is 6.10 Å². The molecular weight excluding hydrogens is 152 g/mol. The summed E-state index contributed by atoms with van der Waals surface area (Å²) in [5, 5.41) is 0. The molecule has 0 spiro atoms. The summed E-state index contributed by atoms with van der Waals surface area (Å²) in [6.07, 6.45) is 0.0301. The summed E-state index contributed by atoms with van der Waals surface area (Å²) >= 11 is 0. The monoisotopic (exact) mass is 166 g/mol. The molecule has 12 heavy (non-hydrogen) atoms. The van der Waals surface area contributed by atoms with E-state index in [0.717, 1.165) is 0 Å². The van der Waals surface area contributed by atoms with Crippen molar-refractivity contribution < 1.29 is 9.53 Å². The molecule has 0 saturated carbocycles. The first-order valence-electron chi connectivity index (χ1n) is 3.86. The van der Waals surface area contributed by atoms with E-state index in [4.69, 9.17) is 0 Å². The lowest BCUT2D eigenvalue weighted by molar-refractivity contribution is -0.131. The van der Waals surface area contributed by atoms with Crippen LogP contribution >= 0.6 is 0 Å². The highest BCUT2D eigenvalue weighted by Crippen LogP contribution is 1.80. The van der Waals surface area contributed by atoms with Gasteiger partial charge in [0.1, 0.15) is 0 Å². The van der Waals surface area contributed by atoms with Gasteiger partial charge in [0.15, 0.2) is 0 Å². The smallest absolute Gasteiger partial charge is 0.293 e. The van der Waals surface area contributed by atoms with Crippen molar-refractivity contribution in [1.82, 2.24) is 0 Å². The fourth-order valence-electron chi connectivity index (χ4n) is 0.496. The van der Waals surface area contributed by atoms with E-state index in [1.807, 2.05) is 36.4 Å². The first kappa shape index (κ1) is 10.7. The van der Waals surface area contributed by atoms with Crippen LogP contribution in [0.2, 0.25) is 0 Å². The van der Waals surface area contributed by atoms with Crippen LogP contribution in [0.3, 0.4) is 0 Å². The van der Waals surface area contributed by atoms with Crippen LogP contribution in [-0.2, 0) is 9.53 Å². The SMILES string of the molecule is CC(C)OC=O.c1ccccc1. The predicted molar refractivity (Wildman–Crippen MR) is 48.7 cm³/mol. The Bertz CT molecular complexity index is 156. The zero-order chi connectivity index (χ0) is 9.23. The van der Waals surface area contributed by atoms with Gasteiger partial charge in [0.25, 0.3) is 6.47 Å². The third-order valence-corrected chi connectivity index (χ3v) is 0.994. The van der Waals surface area contributed by atoms with Gasteiger partial charge >= 0.3 is 0 Å². The van der Waals surface area contributed by atoms with Gasteiger partial charge in [-0.3, -0.25) is 4.79 Å². The molecular formula is C10H14O2. The van der Waals surface area contributed by atoms with Crippen molar-refractivity contribution in [2.45, 2.75) is 20.0 Å². The number of hydrogen-bond donors (Lipinski definition) is 0. The van der Waals surface area contributed by atoms with Gasteiger partial charge < -0.3 is 4.74 Å². The van der Waals surface area contributed by atoms with E-state index >= 15 is 0 Å². The molecule has 0 N–H and O–H groups in total. The van der Waals surface area contributed by atoms with Gasteiger partial charge in [0.2, 0.25) is 0 Å². The molecule has 2 nitrogen and oxygen atoms in total. The molecule has 0 unspecified atom stereocenters. The van der Waals surface area contributed by atoms with Crippen LogP contribution < -0.4 is 0 Å². The van der Waals surface area contributed by atoms with Crippen LogP contribution in [-0.4, -0.2) is 12.6 Å². The minimum absolute atomic E-state index is 0.0301. The van der Waals surface area contributed by atoms with Crippen molar-refractivity contribution in [2.24, 2.45) is 0 Å². The number of carbonyl (C=O) groups is 1. The second-order valence-electron chi connectivity index (χ2n) is 2.44. The fraction of sp³-hybridized carbons (Fsp3) is 0.300. The average molecular weight is 166 g/mol. The van der Waals surface area contributed by atoms with Gasteiger partial charge in [0, 0.05) is 0 Å². The molecule has 0 aliphatic heterocycles. The standard InChI is InChI=1S/C6H6.C4H8O2/c1-2-4-6-5-3-1;1-4(2)6-3-5/h1-6H;3-4H,1-2H3. The maximum Gasteiger partial charge on any atom is 0.293 e. The van der Waals surface area contributed by atoms with Gasteiger partial charge in [-0.25, -0.2) is 0 Å². The van der Waals surface area contributed by atoms with Crippen molar-refractivity contribution in [2.75, 3.05) is 0 Å². The normalized spacial score (nSPS) is 8.25. The Balaban J connectivity index is 0.000000202. The average Bonchev–Trinajstić information content (AvgIpc) is 2.08. The Morgan fingerprint density at radius 2 is 1.33 bits per heavy atom. The van der Waals surface area contributed by atoms with Gasteiger partial charge in [-0.15, -0.1) is 0 Å². The molecule has 2 heteroatoms. The molecule has 0 bridgehead atoms. The molecule has 66 valence electrons. The van der Waals surface area contributed by atoms with E-state index in [9.17, 15) is 4.79 Å². The summed E-state index contributed by atoms with van der Waals surface area (Å²) in [7, 11) is 0. The molecule has 0 aliphatic carbocycles. The number of rotatable bonds is 2. The highest BCUT2D eigenvalue weighted by Gasteiger charge is 1.83. The quantitative estimate of drug-likeness (QED) is 0.630. The zero-order valence-corrected chi connectivity index (χ0v) is 7.44. The Labute approximate surface area is 73.2 Å². The summed E-state index contributed by atoms with van der Waals surface area (Å²) < 4.78 is 4.36. The Hall–Kier alpha value is -1.31. The molecule has 0 saturated heterocycles. The van der Waals surface area contributed by atoms with Gasteiger partial charge in [-0.2, -0.15) is 0 Å². The lowest BCUT2D eigenvalue weighted by atomic mass is 10.4. The zero-order valence-electron chi connectivity index (χ0n) is 7.44. The lowest BCUT2D eigenvalue weighted by Gasteiger charge is -1.96. The first-order valence-corrected chi connectivity index (χ1v) is 3.86. The molecule has 1 aromatic carbocycles. The van der Waals surface area contributed by atoms with Crippen molar-refractivity contribution in [3.8, 4) is 0 Å². The molecule has 1 rings (SSSR count). The Morgan fingerprint density at radius 3 is 1.42 bits per heavy atom.